The number of hydrogen-bond acceptors (Lipinski definition) is 6. The summed E-state index contributed by atoms with van der Waals surface area (Å²) in [7, 11) is -3.92. The summed E-state index contributed by atoms with van der Waals surface area (Å²) in [5.41, 5.74) is 4.96. The van der Waals surface area contributed by atoms with Crippen molar-refractivity contribution in [3.8, 4) is 0 Å². The van der Waals surface area contributed by atoms with Crippen LogP contribution in [0.4, 0.5) is 5.69 Å². The number of ether oxygens (including phenoxy) is 1. The van der Waals surface area contributed by atoms with Gasteiger partial charge in [-0.25, -0.2) is 0 Å². The first-order valence-corrected chi connectivity index (χ1v) is 15.8. The Kier molecular flexibility index (Phi) is 8.49. The average molecular weight is 598 g/mol. The predicted molar refractivity (Wildman–Crippen MR) is 159 cm³/mol. The number of nitrogens with zero attached hydrogens (tertiary/aromatic N) is 1. The number of quaternary nitrogens is 1. The second-order valence-electron chi connectivity index (χ2n) is 10.7. The van der Waals surface area contributed by atoms with Gasteiger partial charge in [0, 0.05) is 11.6 Å². The maximum absolute atomic E-state index is 14.0. The molecule has 216 valence electrons. The summed E-state index contributed by atoms with van der Waals surface area (Å²) >= 11 is 6.24. The van der Waals surface area contributed by atoms with Crippen LogP contribution in [0.15, 0.2) is 78.9 Å². The molecule has 1 fully saturated rings. The number of nitrogens with one attached hydrogen (secondary N) is 3. The summed E-state index contributed by atoms with van der Waals surface area (Å²) in [6.07, 6.45) is 2.61. The standard InChI is InChI=1S/C30H33ClN4O5S/c1-41(38,39)35(21-30(15-17-32-18-16-30)24-12-6-8-14-27(24)35)34-29(37)26(20-40-19-22-9-3-2-4-10-22)33-28(36)23-11-5-7-13-25(23)31/h2-14,26,32H,15-21H2,1H3,(H-,33,34,36,37)/p+1. The molecule has 2 amide bonds. The molecule has 5 rings (SSSR count). The first-order chi connectivity index (χ1) is 19.7. The van der Waals surface area contributed by atoms with Crippen LogP contribution < -0.4 is 20.1 Å². The number of benzene rings is 3. The van der Waals surface area contributed by atoms with Crippen molar-refractivity contribution in [2.45, 2.75) is 30.9 Å². The lowest BCUT2D eigenvalue weighted by molar-refractivity contribution is -0.127. The molecule has 1 spiro atoms. The predicted octanol–water partition coefficient (Wildman–Crippen LogP) is 3.29. The Balaban J connectivity index is 1.46. The van der Waals surface area contributed by atoms with Crippen molar-refractivity contribution in [3.05, 3.63) is 101 Å². The molecule has 0 saturated carbocycles. The Morgan fingerprint density at radius 1 is 1.00 bits per heavy atom. The van der Waals surface area contributed by atoms with E-state index in [1.165, 1.54) is 0 Å². The number of fused-ring (bicyclic) bond motifs is 2. The lowest BCUT2D eigenvalue weighted by Crippen LogP contribution is -2.68. The van der Waals surface area contributed by atoms with E-state index in [9.17, 15) is 18.0 Å². The maximum atomic E-state index is 14.0. The molecule has 0 radical (unpaired) electrons. The van der Waals surface area contributed by atoms with Crippen LogP contribution in [0.1, 0.15) is 34.3 Å². The van der Waals surface area contributed by atoms with Gasteiger partial charge in [-0.1, -0.05) is 76.3 Å². The van der Waals surface area contributed by atoms with E-state index < -0.39 is 37.3 Å². The molecule has 3 N–H and O–H groups in total. The van der Waals surface area contributed by atoms with Gasteiger partial charge in [0.15, 0.2) is 5.69 Å². The summed E-state index contributed by atoms with van der Waals surface area (Å²) in [5, 5.41) is 6.31. The van der Waals surface area contributed by atoms with Gasteiger partial charge in [0.1, 0.15) is 12.6 Å². The number of rotatable bonds is 9. The Hall–Kier alpha value is -3.28. The van der Waals surface area contributed by atoms with Crippen molar-refractivity contribution in [1.82, 2.24) is 20.1 Å². The van der Waals surface area contributed by atoms with Gasteiger partial charge < -0.3 is 15.4 Å². The first-order valence-electron chi connectivity index (χ1n) is 13.5. The van der Waals surface area contributed by atoms with Crippen LogP contribution in [0.2, 0.25) is 5.02 Å². The maximum Gasteiger partial charge on any atom is 0.321 e. The minimum Gasteiger partial charge on any atom is -0.374 e. The second kappa shape index (κ2) is 11.9. The summed E-state index contributed by atoms with van der Waals surface area (Å²) < 4.78 is 32.3. The molecule has 11 heteroatoms. The normalized spacial score (nSPS) is 20.2. The van der Waals surface area contributed by atoms with E-state index in [4.69, 9.17) is 16.3 Å². The van der Waals surface area contributed by atoms with Crippen LogP contribution in [0.3, 0.4) is 0 Å². The fourth-order valence-corrected chi connectivity index (χ4v) is 7.31. The Bertz CT molecular complexity index is 1530. The van der Waals surface area contributed by atoms with Gasteiger partial charge in [-0.2, -0.15) is 13.8 Å². The van der Waals surface area contributed by atoms with Gasteiger partial charge >= 0.3 is 10.0 Å². The number of hydrogen-bond donors (Lipinski definition) is 3. The van der Waals surface area contributed by atoms with Gasteiger partial charge in [0.25, 0.3) is 11.8 Å². The summed E-state index contributed by atoms with van der Waals surface area (Å²) in [6, 6.07) is 22.1. The molecule has 0 bridgehead atoms. The van der Waals surface area contributed by atoms with Crippen LogP contribution in [0.5, 0.6) is 0 Å². The van der Waals surface area contributed by atoms with Crippen molar-refractivity contribution in [3.63, 3.8) is 0 Å². The van der Waals surface area contributed by atoms with E-state index in [-0.39, 0.29) is 30.3 Å². The van der Waals surface area contributed by atoms with Crippen LogP contribution in [-0.2, 0) is 31.6 Å². The van der Waals surface area contributed by atoms with E-state index in [2.05, 4.69) is 16.1 Å². The quantitative estimate of drug-likeness (QED) is 0.326. The number of carbonyl (C=O) groups is 2. The number of carbonyl (C=O) groups excluding carboxylic acids is 2. The van der Waals surface area contributed by atoms with E-state index in [0.29, 0.717) is 5.69 Å². The van der Waals surface area contributed by atoms with Crippen LogP contribution in [0.25, 0.3) is 0 Å². The van der Waals surface area contributed by atoms with Crippen LogP contribution in [0, 0.1) is 0 Å². The fourth-order valence-electron chi connectivity index (χ4n) is 5.83. The van der Waals surface area contributed by atoms with Gasteiger partial charge in [-0.15, -0.1) is 0 Å². The van der Waals surface area contributed by atoms with E-state index in [1.54, 1.807) is 36.4 Å². The summed E-state index contributed by atoms with van der Waals surface area (Å²) in [5.74, 6) is -1.24. The number of amides is 2. The van der Waals surface area contributed by atoms with Gasteiger partial charge in [-0.3, -0.25) is 9.59 Å². The Morgan fingerprint density at radius 3 is 2.37 bits per heavy atom. The molecule has 2 atom stereocenters. The molecule has 1 saturated heterocycles. The number of piperidine rings is 1. The zero-order valence-corrected chi connectivity index (χ0v) is 24.4. The van der Waals surface area contributed by atoms with Gasteiger partial charge in [0.05, 0.1) is 35.5 Å². The summed E-state index contributed by atoms with van der Waals surface area (Å²) in [6.45, 7) is 1.68. The highest BCUT2D eigenvalue weighted by atomic mass is 35.5. The lowest BCUT2D eigenvalue weighted by Gasteiger charge is -2.36. The smallest absolute Gasteiger partial charge is 0.321 e. The Labute approximate surface area is 245 Å². The zero-order valence-electron chi connectivity index (χ0n) is 22.8. The van der Waals surface area contributed by atoms with Crippen molar-refractivity contribution in [1.29, 1.82) is 0 Å². The molecular formula is C30H34ClN4O5S+. The molecular weight excluding hydrogens is 564 g/mol. The fraction of sp³-hybridized carbons (Fsp3) is 0.333. The zero-order chi connectivity index (χ0) is 29.1. The van der Waals surface area contributed by atoms with Crippen molar-refractivity contribution in [2.24, 2.45) is 0 Å². The van der Waals surface area contributed by atoms with E-state index in [0.717, 1.165) is 43.3 Å². The topological polar surface area (TPSA) is 114 Å². The molecule has 2 aliphatic rings. The molecule has 0 aromatic heterocycles. The largest absolute Gasteiger partial charge is 0.374 e. The third kappa shape index (κ3) is 5.89. The summed E-state index contributed by atoms with van der Waals surface area (Å²) in [4.78, 5) is 27.2. The number of halogens is 1. The minimum atomic E-state index is -3.92. The Morgan fingerprint density at radius 2 is 1.66 bits per heavy atom. The highest BCUT2D eigenvalue weighted by Crippen LogP contribution is 2.50. The molecule has 0 aliphatic carbocycles. The molecule has 2 heterocycles. The number of sulfonamides is 1. The molecule has 2 unspecified atom stereocenters. The van der Waals surface area contributed by atoms with Crippen molar-refractivity contribution in [2.75, 3.05) is 32.5 Å². The average Bonchev–Trinajstić information content (AvgIpc) is 3.23. The monoisotopic (exact) mass is 597 g/mol. The minimum absolute atomic E-state index is 0.161. The molecule has 41 heavy (non-hydrogen) atoms. The molecule has 9 nitrogen and oxygen atoms in total. The lowest BCUT2D eigenvalue weighted by atomic mass is 9.75. The highest BCUT2D eigenvalue weighted by molar-refractivity contribution is 7.90. The molecule has 3 aromatic carbocycles. The molecule has 2 aliphatic heterocycles. The van der Waals surface area contributed by atoms with Crippen LogP contribution in [-0.4, -0.2) is 58.8 Å². The first kappa shape index (κ1) is 29.2. The van der Waals surface area contributed by atoms with Gasteiger partial charge in [-0.05, 0) is 43.6 Å². The third-order valence-corrected chi connectivity index (χ3v) is 9.82. The van der Waals surface area contributed by atoms with Gasteiger partial charge in [0.2, 0.25) is 0 Å². The molecule has 3 aromatic rings. The second-order valence-corrected chi connectivity index (χ2v) is 13.2. The number of para-hydroxylation sites is 1. The SMILES string of the molecule is CS(=O)(=O)[N+]1(NC(=O)C(COCc2ccccc2)NC(=O)c2ccccc2Cl)CC2(CCNCC2)c2ccccc21. The van der Waals surface area contributed by atoms with E-state index in [1.807, 2.05) is 42.5 Å². The van der Waals surface area contributed by atoms with Crippen molar-refractivity contribution >= 4 is 39.1 Å². The highest BCUT2D eigenvalue weighted by Gasteiger charge is 2.60. The third-order valence-electron chi connectivity index (χ3n) is 7.94. The van der Waals surface area contributed by atoms with Crippen molar-refractivity contribution < 1.29 is 22.7 Å². The van der Waals surface area contributed by atoms with E-state index >= 15 is 0 Å². The van der Waals surface area contributed by atoms with Crippen LogP contribution >= 0.6 is 11.6 Å².